The van der Waals surface area contributed by atoms with Crippen LogP contribution in [0.1, 0.15) is 16.7 Å². The molecule has 1 atom stereocenters. The Morgan fingerprint density at radius 2 is 2.03 bits per heavy atom. The average Bonchev–Trinajstić information content (AvgIpc) is 2.75. The highest BCUT2D eigenvalue weighted by atomic mass is 35.5. The van der Waals surface area contributed by atoms with E-state index in [1.54, 1.807) is 12.3 Å². The third-order valence-corrected chi connectivity index (χ3v) is 5.66. The molecule has 7 nitrogen and oxygen atoms in total. The highest BCUT2D eigenvalue weighted by molar-refractivity contribution is 6.39. The molecule has 0 saturated carbocycles. The van der Waals surface area contributed by atoms with Crippen LogP contribution in [-0.2, 0) is 16.9 Å². The molecule has 1 aliphatic heterocycles. The maximum Gasteiger partial charge on any atom is 0.295 e. The van der Waals surface area contributed by atoms with Gasteiger partial charge in [0, 0.05) is 42.8 Å². The number of methoxy groups -OCH3 is 1. The number of pyridine rings is 2. The Bertz CT molecular complexity index is 1240. The summed E-state index contributed by atoms with van der Waals surface area (Å²) in [5.74, 6) is -2.45. The van der Waals surface area contributed by atoms with Gasteiger partial charge in [-0.25, -0.2) is 13.8 Å². The lowest BCUT2D eigenvalue weighted by molar-refractivity contribution is -0.265. The number of hydrogen-bond donors (Lipinski definition) is 3. The van der Waals surface area contributed by atoms with E-state index in [0.29, 0.717) is 35.2 Å². The number of aliphatic hydroxyl groups is 1. The third kappa shape index (κ3) is 3.67. The van der Waals surface area contributed by atoms with Crippen LogP contribution >= 0.6 is 23.2 Å². The van der Waals surface area contributed by atoms with Gasteiger partial charge in [-0.3, -0.25) is 9.79 Å². The number of benzene rings is 1. The molecule has 0 fully saturated rings. The van der Waals surface area contributed by atoms with Gasteiger partial charge in [0.1, 0.15) is 5.82 Å². The molecule has 1 unspecified atom stereocenters. The van der Waals surface area contributed by atoms with Crippen molar-refractivity contribution in [2.24, 2.45) is 4.99 Å². The molecular weight excluding hydrogens is 453 g/mol. The van der Waals surface area contributed by atoms with Crippen LogP contribution in [0, 0.1) is 0 Å². The van der Waals surface area contributed by atoms with Gasteiger partial charge in [-0.1, -0.05) is 23.2 Å². The first-order valence-corrected chi connectivity index (χ1v) is 9.88. The van der Waals surface area contributed by atoms with Gasteiger partial charge >= 0.3 is 0 Å². The Labute approximate surface area is 184 Å². The van der Waals surface area contributed by atoms with E-state index in [0.717, 1.165) is 24.8 Å². The van der Waals surface area contributed by atoms with E-state index < -0.39 is 12.2 Å². The molecule has 3 N–H and O–H groups in total. The molecule has 0 radical (unpaired) electrons. The first-order valence-electron chi connectivity index (χ1n) is 9.12. The molecule has 2 aromatic heterocycles. The van der Waals surface area contributed by atoms with Crippen molar-refractivity contribution in [3.8, 4) is 0 Å². The minimum atomic E-state index is -3.23. The average molecular weight is 469 g/mol. The van der Waals surface area contributed by atoms with Crippen molar-refractivity contribution in [3.63, 3.8) is 0 Å². The Morgan fingerprint density at radius 3 is 2.68 bits per heavy atom. The smallest absolute Gasteiger partial charge is 0.295 e. The maximum atomic E-state index is 13.3. The van der Waals surface area contributed by atoms with Gasteiger partial charge in [-0.2, -0.15) is 0 Å². The zero-order chi connectivity index (χ0) is 22.3. The molecule has 1 aliphatic rings. The number of nitrogens with zero attached hydrogens (tertiary/aromatic N) is 2. The zero-order valence-electron chi connectivity index (χ0n) is 16.0. The van der Waals surface area contributed by atoms with Gasteiger partial charge in [0.25, 0.3) is 17.8 Å². The van der Waals surface area contributed by atoms with Crippen molar-refractivity contribution in [3.05, 3.63) is 61.5 Å². The van der Waals surface area contributed by atoms with E-state index in [1.165, 1.54) is 6.20 Å². The molecule has 3 aromatic rings. The van der Waals surface area contributed by atoms with Gasteiger partial charge in [-0.15, -0.1) is 0 Å². The van der Waals surface area contributed by atoms with Crippen molar-refractivity contribution in [1.29, 1.82) is 0 Å². The summed E-state index contributed by atoms with van der Waals surface area (Å²) in [6.45, 7) is 0.509. The Morgan fingerprint density at radius 1 is 1.32 bits per heavy atom. The van der Waals surface area contributed by atoms with Crippen LogP contribution in [0.5, 0.6) is 0 Å². The molecule has 1 aromatic carbocycles. The van der Waals surface area contributed by atoms with E-state index >= 15 is 0 Å². The molecule has 0 bridgehead atoms. The second-order valence-corrected chi connectivity index (χ2v) is 7.66. The van der Waals surface area contributed by atoms with Crippen molar-refractivity contribution in [2.45, 2.75) is 18.6 Å². The van der Waals surface area contributed by atoms with Gasteiger partial charge in [-0.05, 0) is 24.6 Å². The first kappa shape index (κ1) is 21.6. The Balaban J connectivity index is 1.84. The summed E-state index contributed by atoms with van der Waals surface area (Å²) in [5, 5.41) is 13.5. The minimum absolute atomic E-state index is 0.0235. The van der Waals surface area contributed by atoms with E-state index in [4.69, 9.17) is 23.2 Å². The summed E-state index contributed by atoms with van der Waals surface area (Å²) in [6, 6.07) is 3.94. The number of ether oxygens (including phenoxy) is 1. The number of rotatable bonds is 5. The molecule has 0 amide bonds. The second kappa shape index (κ2) is 8.16. The van der Waals surface area contributed by atoms with Crippen LogP contribution in [0.15, 0.2) is 34.2 Å². The van der Waals surface area contributed by atoms with Crippen molar-refractivity contribution in [1.82, 2.24) is 9.97 Å². The largest absolute Gasteiger partial charge is 0.357 e. The number of alkyl halides is 2. The predicted octanol–water partition coefficient (Wildman–Crippen LogP) is 4.01. The number of aromatic nitrogens is 2. The maximum absolute atomic E-state index is 13.3. The zero-order valence-corrected chi connectivity index (χ0v) is 17.6. The van der Waals surface area contributed by atoms with Crippen LogP contribution < -0.4 is 10.9 Å². The summed E-state index contributed by atoms with van der Waals surface area (Å²) in [6.07, 6.45) is 0.401. The molecule has 11 heteroatoms. The third-order valence-electron chi connectivity index (χ3n) is 5.07. The molecule has 0 saturated heterocycles. The normalized spacial score (nSPS) is 15.2. The van der Waals surface area contributed by atoms with Crippen LogP contribution in [-0.4, -0.2) is 41.4 Å². The van der Waals surface area contributed by atoms with Crippen molar-refractivity contribution in [2.75, 3.05) is 19.0 Å². The van der Waals surface area contributed by atoms with Crippen LogP contribution in [0.4, 0.5) is 20.3 Å². The summed E-state index contributed by atoms with van der Waals surface area (Å²) >= 11 is 12.6. The fourth-order valence-electron chi connectivity index (χ4n) is 3.47. The van der Waals surface area contributed by atoms with Gasteiger partial charge in [0.2, 0.25) is 0 Å². The van der Waals surface area contributed by atoms with E-state index in [-0.39, 0.29) is 26.9 Å². The van der Waals surface area contributed by atoms with E-state index in [9.17, 15) is 18.7 Å². The minimum Gasteiger partial charge on any atom is -0.357 e. The predicted molar refractivity (Wildman–Crippen MR) is 115 cm³/mol. The number of fused-ring (bicyclic) bond motifs is 3. The fraction of sp³-hybridized carbons (Fsp3) is 0.250. The van der Waals surface area contributed by atoms with Gasteiger partial charge in [0.05, 0.1) is 26.6 Å². The van der Waals surface area contributed by atoms with Crippen LogP contribution in [0.2, 0.25) is 10.0 Å². The van der Waals surface area contributed by atoms with Crippen molar-refractivity contribution < 1.29 is 18.6 Å². The summed E-state index contributed by atoms with van der Waals surface area (Å²) in [5.41, 5.74) is 1.45. The highest BCUT2D eigenvalue weighted by Gasteiger charge is 2.41. The van der Waals surface area contributed by atoms with Crippen molar-refractivity contribution >= 4 is 51.8 Å². The Hall–Kier alpha value is -2.59. The number of aromatic amines is 1. The summed E-state index contributed by atoms with van der Waals surface area (Å²) in [4.78, 5) is 23.8. The summed E-state index contributed by atoms with van der Waals surface area (Å²) < 4.78 is 31.2. The lowest BCUT2D eigenvalue weighted by Gasteiger charge is -2.27. The number of anilines is 2. The lowest BCUT2D eigenvalue weighted by Crippen LogP contribution is -2.36. The number of aliphatic imine (C=N–C) groups is 1. The van der Waals surface area contributed by atoms with E-state index in [1.807, 2.05) is 0 Å². The van der Waals surface area contributed by atoms with Gasteiger partial charge < -0.3 is 20.1 Å². The van der Waals surface area contributed by atoms with Gasteiger partial charge in [0.15, 0.2) is 0 Å². The molecule has 31 heavy (non-hydrogen) atoms. The lowest BCUT2D eigenvalue weighted by atomic mass is 9.99. The first-order chi connectivity index (χ1) is 14.8. The standard InChI is InChI=1S/C20H16Cl2F2N4O3/c1-31-20(30,19(23)24)9-6-12(21)16(13(22)7-9)28-17-10-2-4-25-8-11(10)15-14(27-17)3-5-26-18(15)29/h3,5-8,19,30H,2,4H2,1H3,(H,26,29)(H,27,28). The Kier molecular flexibility index (Phi) is 5.69. The topological polar surface area (TPSA) is 99.6 Å². The number of nitrogens with one attached hydrogen (secondary N) is 2. The molecule has 0 aliphatic carbocycles. The number of hydrogen-bond acceptors (Lipinski definition) is 6. The number of halogens is 4. The molecular formula is C20H16Cl2F2N4O3. The SMILES string of the molecule is COC(O)(c1cc(Cl)c(Nc2nc3cc[nH]c(=O)c3c3c2CCN=C3)c(Cl)c1)C(F)F. The fourth-order valence-corrected chi connectivity index (χ4v) is 4.05. The van der Waals surface area contributed by atoms with E-state index in [2.05, 4.69) is 25.0 Å². The molecule has 4 rings (SSSR count). The second-order valence-electron chi connectivity index (χ2n) is 6.85. The van der Waals surface area contributed by atoms with Crippen LogP contribution in [0.3, 0.4) is 0 Å². The molecule has 0 spiro atoms. The molecule has 162 valence electrons. The molecule has 3 heterocycles. The number of H-pyrrole nitrogens is 1. The monoisotopic (exact) mass is 468 g/mol. The summed E-state index contributed by atoms with van der Waals surface area (Å²) in [7, 11) is 0.953. The quantitative estimate of drug-likeness (QED) is 0.491. The highest BCUT2D eigenvalue weighted by Crippen LogP contribution is 2.40. The van der Waals surface area contributed by atoms with Crippen LogP contribution in [0.25, 0.3) is 10.9 Å².